The van der Waals surface area contributed by atoms with Gasteiger partial charge >= 0.3 is 5.96 Å². The molecule has 0 bridgehead atoms. The second-order valence-electron chi connectivity index (χ2n) is 3.94. The van der Waals surface area contributed by atoms with Crippen molar-refractivity contribution < 1.29 is 5.10 Å². The molecule has 0 amide bonds. The number of halogens is 1. The third kappa shape index (κ3) is 3.56. The molecule has 4 nitrogen and oxygen atoms in total. The van der Waals surface area contributed by atoms with Gasteiger partial charge in [-0.3, -0.25) is 11.5 Å². The molecule has 0 saturated carbocycles. The number of thiophene rings is 1. The third-order valence-electron chi connectivity index (χ3n) is 2.44. The van der Waals surface area contributed by atoms with Gasteiger partial charge in [0.05, 0.1) is 10.6 Å². The van der Waals surface area contributed by atoms with Crippen molar-refractivity contribution in [2.75, 3.05) is 0 Å². The lowest BCUT2D eigenvalue weighted by Crippen LogP contribution is -2.72. The number of rotatable bonds is 3. The quantitative estimate of drug-likeness (QED) is 0.451. The zero-order valence-electron chi connectivity index (χ0n) is 10.4. The van der Waals surface area contributed by atoms with E-state index in [0.29, 0.717) is 0 Å². The van der Waals surface area contributed by atoms with Gasteiger partial charge in [-0.2, -0.15) is 5.10 Å². The van der Waals surface area contributed by atoms with Crippen LogP contribution in [0, 0.1) is 0 Å². The van der Waals surface area contributed by atoms with E-state index in [0.717, 1.165) is 26.1 Å². The second kappa shape index (κ2) is 5.86. The molecule has 0 saturated heterocycles. The van der Waals surface area contributed by atoms with Crippen molar-refractivity contribution >= 4 is 34.6 Å². The van der Waals surface area contributed by atoms with E-state index in [1.807, 2.05) is 37.3 Å². The van der Waals surface area contributed by atoms with Gasteiger partial charge in [0.25, 0.3) is 0 Å². The molecule has 0 aliphatic carbocycles. The number of nitrogens with one attached hydrogen (secondary N) is 1. The van der Waals surface area contributed by atoms with Gasteiger partial charge in [-0.05, 0) is 36.8 Å². The highest BCUT2D eigenvalue weighted by molar-refractivity contribution is 7.17. The lowest BCUT2D eigenvalue weighted by molar-refractivity contribution is -0.464. The summed E-state index contributed by atoms with van der Waals surface area (Å²) >= 11 is 7.52. The van der Waals surface area contributed by atoms with E-state index < -0.39 is 0 Å². The summed E-state index contributed by atoms with van der Waals surface area (Å²) in [6.07, 6.45) is 0. The first-order valence-corrected chi connectivity index (χ1v) is 6.80. The van der Waals surface area contributed by atoms with Gasteiger partial charge in [-0.25, -0.2) is 0 Å². The fraction of sp³-hybridized carbons (Fsp3) is 0.0769. The van der Waals surface area contributed by atoms with E-state index >= 15 is 0 Å². The molecule has 0 spiro atoms. The topological polar surface area (TPSA) is 78.4 Å². The molecule has 1 aromatic heterocycles. The Morgan fingerprint density at radius 3 is 2.47 bits per heavy atom. The van der Waals surface area contributed by atoms with E-state index in [1.54, 1.807) is 11.3 Å². The summed E-state index contributed by atoms with van der Waals surface area (Å²) in [5.41, 5.74) is 12.6. The summed E-state index contributed by atoms with van der Waals surface area (Å²) in [7, 11) is 0. The zero-order chi connectivity index (χ0) is 13.8. The maximum absolute atomic E-state index is 5.88. The van der Waals surface area contributed by atoms with Crippen molar-refractivity contribution in [1.29, 1.82) is 0 Å². The Morgan fingerprint density at radius 2 is 1.84 bits per heavy atom. The van der Waals surface area contributed by atoms with Crippen LogP contribution in [0.2, 0.25) is 5.02 Å². The fourth-order valence-electron chi connectivity index (χ4n) is 1.51. The summed E-state index contributed by atoms with van der Waals surface area (Å²) in [4.78, 5) is 2.21. The van der Waals surface area contributed by atoms with Crippen molar-refractivity contribution in [3.8, 4) is 10.4 Å². The van der Waals surface area contributed by atoms with Crippen LogP contribution in [-0.4, -0.2) is 11.7 Å². The number of hydrogen-bond acceptors (Lipinski definition) is 2. The minimum Gasteiger partial charge on any atom is -0.289 e. The van der Waals surface area contributed by atoms with Crippen molar-refractivity contribution in [1.82, 2.24) is 0 Å². The van der Waals surface area contributed by atoms with E-state index in [9.17, 15) is 0 Å². The standard InChI is InChI=1S/C13H13ClN4S/c1-8(17-18-13(15)16)11-6-7-12(19-11)9-2-4-10(14)5-3-9/h2-7H,1H3,(H4,15,16,18)/p+1/b17-8-. The molecule has 0 radical (unpaired) electrons. The van der Waals surface area contributed by atoms with Crippen LogP contribution in [0.4, 0.5) is 0 Å². The Balaban J connectivity index is 2.26. The average Bonchev–Trinajstić information content (AvgIpc) is 2.86. The molecule has 0 aliphatic heterocycles. The number of hydrazone groups is 1. The molecule has 6 heteroatoms. The van der Waals surface area contributed by atoms with Crippen molar-refractivity contribution in [2.24, 2.45) is 16.6 Å². The van der Waals surface area contributed by atoms with Crippen molar-refractivity contribution in [3.05, 3.63) is 46.3 Å². The number of nitrogens with zero attached hydrogens (tertiary/aromatic N) is 1. The van der Waals surface area contributed by atoms with E-state index in [-0.39, 0.29) is 5.96 Å². The number of hydrogen-bond donors (Lipinski definition) is 3. The minimum atomic E-state index is 0.0776. The van der Waals surface area contributed by atoms with E-state index in [1.165, 1.54) is 0 Å². The normalized spacial score (nSPS) is 11.4. The molecule has 98 valence electrons. The van der Waals surface area contributed by atoms with Crippen LogP contribution in [0.5, 0.6) is 0 Å². The van der Waals surface area contributed by atoms with E-state index in [4.69, 9.17) is 23.1 Å². The van der Waals surface area contributed by atoms with Gasteiger partial charge in [-0.1, -0.05) is 23.7 Å². The van der Waals surface area contributed by atoms with Crippen molar-refractivity contribution in [3.63, 3.8) is 0 Å². The Labute approximate surface area is 120 Å². The minimum absolute atomic E-state index is 0.0776. The van der Waals surface area contributed by atoms with Crippen LogP contribution in [0.25, 0.3) is 10.4 Å². The Bertz CT molecular complexity index is 624. The predicted octanol–water partition coefficient (Wildman–Crippen LogP) is 1.15. The molecule has 2 rings (SSSR count). The summed E-state index contributed by atoms with van der Waals surface area (Å²) in [6.45, 7) is 1.90. The SMILES string of the molecule is C/C(=N/[NH+]=C(N)N)c1ccc(-c2ccc(Cl)cc2)s1. The first-order chi connectivity index (χ1) is 9.06. The molecule has 1 heterocycles. The van der Waals surface area contributed by atoms with Crippen LogP contribution >= 0.6 is 22.9 Å². The van der Waals surface area contributed by atoms with Gasteiger partial charge in [-0.15, -0.1) is 16.4 Å². The highest BCUT2D eigenvalue weighted by atomic mass is 35.5. The van der Waals surface area contributed by atoms with Gasteiger partial charge in [0.1, 0.15) is 0 Å². The molecule has 5 N–H and O–H groups in total. The molecule has 1 aromatic carbocycles. The Hall–Kier alpha value is -1.85. The zero-order valence-corrected chi connectivity index (χ0v) is 11.9. The highest BCUT2D eigenvalue weighted by Crippen LogP contribution is 2.29. The number of benzene rings is 1. The largest absolute Gasteiger partial charge is 0.362 e. The third-order valence-corrected chi connectivity index (χ3v) is 3.94. The number of guanidine groups is 1. The maximum atomic E-state index is 5.88. The summed E-state index contributed by atoms with van der Waals surface area (Å²) in [6, 6.07) is 11.8. The number of nitrogens with two attached hydrogens (primary N) is 2. The smallest absolute Gasteiger partial charge is 0.289 e. The molecule has 0 aliphatic rings. The molecule has 19 heavy (non-hydrogen) atoms. The van der Waals surface area contributed by atoms with Crippen LogP contribution in [-0.2, 0) is 0 Å². The lowest BCUT2D eigenvalue weighted by Gasteiger charge is -1.97. The molecular weight excluding hydrogens is 280 g/mol. The van der Waals surface area contributed by atoms with Gasteiger partial charge < -0.3 is 0 Å². The van der Waals surface area contributed by atoms with Crippen LogP contribution < -0.4 is 16.6 Å². The summed E-state index contributed by atoms with van der Waals surface area (Å²) in [5.74, 6) is 0.0776. The van der Waals surface area contributed by atoms with Crippen LogP contribution in [0.3, 0.4) is 0 Å². The van der Waals surface area contributed by atoms with Crippen LogP contribution in [0.15, 0.2) is 41.5 Å². The van der Waals surface area contributed by atoms with Gasteiger partial charge in [0.15, 0.2) is 0 Å². The molecule has 0 atom stereocenters. The van der Waals surface area contributed by atoms with Gasteiger partial charge in [0.2, 0.25) is 0 Å². The van der Waals surface area contributed by atoms with E-state index in [2.05, 4.69) is 16.3 Å². The summed E-state index contributed by atoms with van der Waals surface area (Å²) in [5, 5.41) is 7.37. The van der Waals surface area contributed by atoms with Crippen molar-refractivity contribution in [2.45, 2.75) is 6.92 Å². The summed E-state index contributed by atoms with van der Waals surface area (Å²) < 4.78 is 0. The lowest BCUT2D eigenvalue weighted by atomic mass is 10.2. The maximum Gasteiger partial charge on any atom is 0.362 e. The highest BCUT2D eigenvalue weighted by Gasteiger charge is 2.05. The van der Waals surface area contributed by atoms with Crippen LogP contribution in [0.1, 0.15) is 11.8 Å². The first kappa shape index (κ1) is 13.6. The fourth-order valence-corrected chi connectivity index (χ4v) is 2.59. The monoisotopic (exact) mass is 293 g/mol. The predicted molar refractivity (Wildman–Crippen MR) is 81.3 cm³/mol. The Kier molecular flexibility index (Phi) is 4.19. The average molecular weight is 294 g/mol. The first-order valence-electron chi connectivity index (χ1n) is 5.60. The molecule has 0 fully saturated rings. The molecular formula is C13H14ClN4S+. The molecule has 2 aromatic rings. The van der Waals surface area contributed by atoms with Gasteiger partial charge in [0, 0.05) is 9.90 Å². The molecule has 0 unspecified atom stereocenters. The Morgan fingerprint density at radius 1 is 1.16 bits per heavy atom. The second-order valence-corrected chi connectivity index (χ2v) is 5.46.